The smallest absolute Gasteiger partial charge is 0.332 e. The van der Waals surface area contributed by atoms with Gasteiger partial charge in [-0.1, -0.05) is 86.8 Å². The zero-order chi connectivity index (χ0) is 32.5. The molecule has 0 aliphatic heterocycles. The number of hydrogen-bond acceptors (Lipinski definition) is 7. The number of esters is 1. The Balaban J connectivity index is 2.43. The van der Waals surface area contributed by atoms with E-state index in [-0.39, 0.29) is 34.1 Å². The topological polar surface area (TPSA) is 137 Å². The van der Waals surface area contributed by atoms with E-state index in [1.165, 1.54) is 26.0 Å². The van der Waals surface area contributed by atoms with Gasteiger partial charge < -0.3 is 30.9 Å². The molecule has 43 heavy (non-hydrogen) atoms. The first-order valence-electron chi connectivity index (χ1n) is 14.2. The van der Waals surface area contributed by atoms with E-state index in [1.54, 1.807) is 13.1 Å². The van der Waals surface area contributed by atoms with E-state index >= 15 is 0 Å². The number of halogens is 2. The van der Waals surface area contributed by atoms with Gasteiger partial charge >= 0.3 is 5.97 Å². The van der Waals surface area contributed by atoms with Crippen LogP contribution in [0, 0.1) is 11.8 Å². The fraction of sp³-hybridized carbons (Fsp3) is 0.469. The number of aromatic hydroxyl groups is 1. The molecule has 2 rings (SSSR count). The number of aliphatic hydroxyl groups is 1. The lowest BCUT2D eigenvalue weighted by Crippen LogP contribution is -2.60. The second kappa shape index (κ2) is 16.1. The lowest BCUT2D eigenvalue weighted by Gasteiger charge is -2.33. The molecule has 2 unspecified atom stereocenters. The average molecular weight is 637 g/mol. The minimum atomic E-state index is -1.74. The molecule has 9 nitrogen and oxygen atoms in total. The molecular weight excluding hydrogens is 593 g/mol. The van der Waals surface area contributed by atoms with Crippen molar-refractivity contribution in [1.82, 2.24) is 16.0 Å². The lowest BCUT2D eigenvalue weighted by atomic mass is 9.95. The van der Waals surface area contributed by atoms with Crippen molar-refractivity contribution in [3.63, 3.8) is 0 Å². The molecule has 0 saturated carbocycles. The van der Waals surface area contributed by atoms with Crippen LogP contribution in [0.15, 0.2) is 55.1 Å². The highest BCUT2D eigenvalue weighted by Gasteiger charge is 2.40. The molecule has 5 N–H and O–H groups in total. The van der Waals surface area contributed by atoms with Gasteiger partial charge in [0.05, 0.1) is 21.7 Å². The third-order valence-corrected chi connectivity index (χ3v) is 7.98. The monoisotopic (exact) mass is 635 g/mol. The Bertz CT molecular complexity index is 1240. The number of nitrogens with one attached hydrogen (secondary N) is 3. The number of amides is 2. The van der Waals surface area contributed by atoms with Crippen molar-refractivity contribution >= 4 is 41.0 Å². The van der Waals surface area contributed by atoms with Crippen LogP contribution in [0.5, 0.6) is 5.75 Å². The molecule has 0 aliphatic rings. The first-order chi connectivity index (χ1) is 20.1. The Kier molecular flexibility index (Phi) is 13.5. The van der Waals surface area contributed by atoms with Crippen LogP contribution >= 0.6 is 23.2 Å². The number of rotatable bonds is 15. The quantitative estimate of drug-likeness (QED) is 0.141. The molecule has 6 atom stereocenters. The molecule has 11 heteroatoms. The summed E-state index contributed by atoms with van der Waals surface area (Å²) in [5.74, 6) is -2.68. The third-order valence-electron chi connectivity index (χ3n) is 7.41. The standard InChI is InChI=1S/C32H43Cl2N3O6/c1-8-18(3)25(35-7)30(40)36-24(17-20-15-22(33)26(38)23(34)16-20)29(39)37-28(32(5,6)42)31(41)43-27(19(4)9-2)21-13-11-10-12-14-21/h9-16,18-19,24-25,27-28,35,38,42H,2,8,17H2,1,3-7H3,(H,36,40)(H,37,39)/t18-,19?,24+,25-,27?,28-/m0/s1. The van der Waals surface area contributed by atoms with E-state index in [2.05, 4.69) is 22.5 Å². The van der Waals surface area contributed by atoms with Crippen molar-refractivity contribution in [1.29, 1.82) is 0 Å². The van der Waals surface area contributed by atoms with Crippen molar-refractivity contribution in [2.75, 3.05) is 7.05 Å². The molecule has 2 aromatic rings. The predicted octanol–water partition coefficient (Wildman–Crippen LogP) is 4.72. The molecule has 0 aliphatic carbocycles. The Morgan fingerprint density at radius 3 is 2.12 bits per heavy atom. The van der Waals surface area contributed by atoms with Gasteiger partial charge in [-0.05, 0) is 50.1 Å². The largest absolute Gasteiger partial charge is 0.505 e. The molecule has 2 amide bonds. The predicted molar refractivity (Wildman–Crippen MR) is 169 cm³/mol. The van der Waals surface area contributed by atoms with Crippen LogP contribution in [0.1, 0.15) is 58.3 Å². The molecule has 0 saturated heterocycles. The summed E-state index contributed by atoms with van der Waals surface area (Å²) in [6, 6.07) is 8.64. The van der Waals surface area contributed by atoms with Gasteiger partial charge in [0.15, 0.2) is 11.8 Å². The summed E-state index contributed by atoms with van der Waals surface area (Å²) in [5, 5.41) is 29.2. The van der Waals surface area contributed by atoms with Gasteiger partial charge in [0.2, 0.25) is 11.8 Å². The second-order valence-corrected chi connectivity index (χ2v) is 12.1. The Morgan fingerprint density at radius 2 is 1.63 bits per heavy atom. The normalized spacial score (nSPS) is 15.7. The van der Waals surface area contributed by atoms with E-state index in [1.807, 2.05) is 51.1 Å². The summed E-state index contributed by atoms with van der Waals surface area (Å²) < 4.78 is 5.86. The summed E-state index contributed by atoms with van der Waals surface area (Å²) in [7, 11) is 1.65. The molecule has 0 spiro atoms. The fourth-order valence-corrected chi connectivity index (χ4v) is 5.09. The van der Waals surface area contributed by atoms with E-state index in [9.17, 15) is 24.6 Å². The molecule has 236 valence electrons. The number of hydrogen-bond donors (Lipinski definition) is 5. The van der Waals surface area contributed by atoms with Crippen LogP contribution < -0.4 is 16.0 Å². The van der Waals surface area contributed by atoms with Gasteiger partial charge in [0, 0.05) is 12.3 Å². The van der Waals surface area contributed by atoms with Crippen LogP contribution in [-0.4, -0.2) is 58.8 Å². The van der Waals surface area contributed by atoms with Crippen molar-refractivity contribution in [2.24, 2.45) is 11.8 Å². The zero-order valence-electron chi connectivity index (χ0n) is 25.5. The summed E-state index contributed by atoms with van der Waals surface area (Å²) in [5.41, 5.74) is -0.572. The number of benzene rings is 2. The molecule has 0 bridgehead atoms. The Morgan fingerprint density at radius 1 is 1.05 bits per heavy atom. The summed E-state index contributed by atoms with van der Waals surface area (Å²) in [4.78, 5) is 40.6. The van der Waals surface area contributed by atoms with Crippen LogP contribution in [0.2, 0.25) is 10.0 Å². The first kappa shape index (κ1) is 36.1. The number of likely N-dealkylation sites (N-methyl/N-ethyl adjacent to an activating group) is 1. The van der Waals surface area contributed by atoms with Gasteiger partial charge in [0.25, 0.3) is 0 Å². The average Bonchev–Trinajstić information content (AvgIpc) is 2.96. The highest BCUT2D eigenvalue weighted by molar-refractivity contribution is 6.37. The fourth-order valence-electron chi connectivity index (χ4n) is 4.56. The summed E-state index contributed by atoms with van der Waals surface area (Å²) in [6.07, 6.45) is 1.55. The van der Waals surface area contributed by atoms with Crippen LogP contribution in [0.4, 0.5) is 0 Å². The molecular formula is C32H43Cl2N3O6. The number of carbonyl (C=O) groups is 3. The Labute approximate surface area is 264 Å². The van der Waals surface area contributed by atoms with Gasteiger partial charge in [-0.25, -0.2) is 4.79 Å². The maximum absolute atomic E-state index is 13.8. The molecule has 2 aromatic carbocycles. The maximum atomic E-state index is 13.8. The SMILES string of the molecule is C=CC(C)C(OC(=O)[C@H](NC(=O)[C@@H](Cc1cc(Cl)c(O)c(Cl)c1)NC(=O)[C@@H](NC)[C@@H](C)CC)C(C)(C)O)c1ccccc1. The van der Waals surface area contributed by atoms with E-state index < -0.39 is 47.6 Å². The minimum Gasteiger partial charge on any atom is -0.505 e. The van der Waals surface area contributed by atoms with Gasteiger partial charge in [-0.2, -0.15) is 0 Å². The van der Waals surface area contributed by atoms with Gasteiger partial charge in [0.1, 0.15) is 12.1 Å². The van der Waals surface area contributed by atoms with E-state index in [4.69, 9.17) is 27.9 Å². The first-order valence-corrected chi connectivity index (χ1v) is 14.9. The Hall–Kier alpha value is -3.11. The van der Waals surface area contributed by atoms with Crippen LogP contribution in [-0.2, 0) is 25.5 Å². The van der Waals surface area contributed by atoms with Crippen molar-refractivity contribution in [2.45, 2.75) is 77.3 Å². The zero-order valence-corrected chi connectivity index (χ0v) is 27.0. The summed E-state index contributed by atoms with van der Waals surface area (Å²) >= 11 is 12.2. The molecule has 0 radical (unpaired) electrons. The molecule has 0 aromatic heterocycles. The third kappa shape index (κ3) is 9.96. The second-order valence-electron chi connectivity index (χ2n) is 11.3. The summed E-state index contributed by atoms with van der Waals surface area (Å²) in [6.45, 7) is 12.3. The van der Waals surface area contributed by atoms with E-state index in [0.29, 0.717) is 12.0 Å². The van der Waals surface area contributed by atoms with Gasteiger partial charge in [-0.3, -0.25) is 9.59 Å². The highest BCUT2D eigenvalue weighted by atomic mass is 35.5. The van der Waals surface area contributed by atoms with Crippen molar-refractivity contribution in [3.05, 3.63) is 76.3 Å². The molecule has 0 heterocycles. The van der Waals surface area contributed by atoms with E-state index in [0.717, 1.165) is 5.56 Å². The number of ether oxygens (including phenoxy) is 1. The van der Waals surface area contributed by atoms with Crippen molar-refractivity contribution < 1.29 is 29.3 Å². The molecule has 0 fully saturated rings. The lowest BCUT2D eigenvalue weighted by molar-refractivity contribution is -0.162. The number of phenolic OH excluding ortho intramolecular Hbond substituents is 1. The maximum Gasteiger partial charge on any atom is 0.332 e. The van der Waals surface area contributed by atoms with Crippen LogP contribution in [0.3, 0.4) is 0 Å². The number of phenols is 1. The van der Waals surface area contributed by atoms with Crippen molar-refractivity contribution in [3.8, 4) is 5.75 Å². The van der Waals surface area contributed by atoms with Gasteiger partial charge in [-0.15, -0.1) is 6.58 Å². The number of carbonyl (C=O) groups excluding carboxylic acids is 3. The minimum absolute atomic E-state index is 0.0260. The van der Waals surface area contributed by atoms with Crippen LogP contribution in [0.25, 0.3) is 0 Å². The highest BCUT2D eigenvalue weighted by Crippen LogP contribution is 2.33.